The number of rotatable bonds is 11. The van der Waals surface area contributed by atoms with Gasteiger partial charge < -0.3 is 14.8 Å². The Morgan fingerprint density at radius 3 is 2.50 bits per heavy atom. The van der Waals surface area contributed by atoms with Gasteiger partial charge in [0.15, 0.2) is 0 Å². The van der Waals surface area contributed by atoms with Crippen molar-refractivity contribution in [3.8, 4) is 5.75 Å². The molecule has 0 radical (unpaired) electrons. The molecule has 0 atom stereocenters. The number of amides is 1. The summed E-state index contributed by atoms with van der Waals surface area (Å²) in [7, 11) is -1.03. The Bertz CT molecular complexity index is 1240. The number of methoxy groups -OCH3 is 2. The maximum absolute atomic E-state index is 12.9. The zero-order valence-electron chi connectivity index (χ0n) is 19.8. The Morgan fingerprint density at radius 2 is 1.82 bits per heavy atom. The van der Waals surface area contributed by atoms with Gasteiger partial charge in [-0.05, 0) is 37.6 Å². The average molecular weight is 487 g/mol. The van der Waals surface area contributed by atoms with Crippen molar-refractivity contribution in [1.82, 2.24) is 19.8 Å². The van der Waals surface area contributed by atoms with Crippen LogP contribution in [0.2, 0.25) is 0 Å². The number of benzene rings is 2. The second-order valence-electron chi connectivity index (χ2n) is 7.73. The van der Waals surface area contributed by atoms with E-state index in [9.17, 15) is 13.2 Å². The van der Waals surface area contributed by atoms with Gasteiger partial charge in [0.2, 0.25) is 10.0 Å². The number of aryl methyl sites for hydroxylation is 1. The van der Waals surface area contributed by atoms with E-state index in [1.165, 1.54) is 32.4 Å². The molecule has 182 valence electrons. The molecule has 1 aromatic heterocycles. The zero-order valence-corrected chi connectivity index (χ0v) is 20.6. The number of sulfonamides is 1. The third kappa shape index (κ3) is 6.02. The predicted molar refractivity (Wildman–Crippen MR) is 128 cm³/mol. The molecule has 0 aliphatic carbocycles. The van der Waals surface area contributed by atoms with Crippen molar-refractivity contribution in [2.75, 3.05) is 27.4 Å². The summed E-state index contributed by atoms with van der Waals surface area (Å²) in [5, 5.41) is 7.49. The highest BCUT2D eigenvalue weighted by Crippen LogP contribution is 2.25. The Labute approximate surface area is 200 Å². The molecule has 3 aromatic rings. The zero-order chi connectivity index (χ0) is 24.7. The lowest BCUT2D eigenvalue weighted by atomic mass is 10.1. The van der Waals surface area contributed by atoms with Gasteiger partial charge in [-0.15, -0.1) is 0 Å². The van der Waals surface area contributed by atoms with Crippen LogP contribution in [-0.4, -0.2) is 51.5 Å². The van der Waals surface area contributed by atoms with Gasteiger partial charge in [-0.1, -0.05) is 30.3 Å². The molecule has 2 N–H and O–H groups in total. The molecule has 1 heterocycles. The fourth-order valence-corrected chi connectivity index (χ4v) is 4.76. The number of ether oxygens (including phenoxy) is 2. The fraction of sp³-hybridized carbons (Fsp3) is 0.333. The monoisotopic (exact) mass is 486 g/mol. The van der Waals surface area contributed by atoms with Crippen molar-refractivity contribution >= 4 is 15.9 Å². The molecular formula is C24H30N4O5S. The molecule has 10 heteroatoms. The van der Waals surface area contributed by atoms with Gasteiger partial charge in [0.05, 0.1) is 26.0 Å². The van der Waals surface area contributed by atoms with E-state index in [1.54, 1.807) is 0 Å². The van der Waals surface area contributed by atoms with Crippen LogP contribution >= 0.6 is 0 Å². The lowest BCUT2D eigenvalue weighted by Crippen LogP contribution is -2.28. The Kier molecular flexibility index (Phi) is 8.43. The van der Waals surface area contributed by atoms with Crippen LogP contribution in [0.15, 0.2) is 53.4 Å². The largest absolute Gasteiger partial charge is 0.495 e. The second kappa shape index (κ2) is 11.3. The number of nitrogens with one attached hydrogen (secondary N) is 2. The van der Waals surface area contributed by atoms with Crippen LogP contribution < -0.4 is 14.8 Å². The van der Waals surface area contributed by atoms with Gasteiger partial charge in [-0.25, -0.2) is 13.1 Å². The topological polar surface area (TPSA) is 112 Å². The van der Waals surface area contributed by atoms with E-state index in [2.05, 4.69) is 15.1 Å². The minimum Gasteiger partial charge on any atom is -0.495 e. The van der Waals surface area contributed by atoms with Gasteiger partial charge in [-0.3, -0.25) is 9.48 Å². The number of nitrogens with zero attached hydrogens (tertiary/aromatic N) is 2. The summed E-state index contributed by atoms with van der Waals surface area (Å²) in [5.41, 5.74) is 4.05. The standard InChI is InChI=1S/C24H30N4O5S/c1-17-21(18(2)28(27-17)16-19-8-6-5-7-9-19)15-25-24(29)20-10-11-22(33-4)23(14-20)34(30,31)26-12-13-32-3/h5-11,14,26H,12-13,15-16H2,1-4H3,(H,25,29). The SMILES string of the molecule is COCCNS(=O)(=O)c1cc(C(=O)NCc2c(C)nn(Cc3ccccc3)c2C)ccc1OC. The van der Waals surface area contributed by atoms with Crippen molar-refractivity contribution in [1.29, 1.82) is 0 Å². The molecule has 0 fully saturated rings. The molecular weight excluding hydrogens is 456 g/mol. The molecule has 2 aromatic carbocycles. The molecule has 1 amide bonds. The lowest BCUT2D eigenvalue weighted by Gasteiger charge is -2.13. The van der Waals surface area contributed by atoms with Gasteiger partial charge in [0.1, 0.15) is 10.6 Å². The molecule has 3 rings (SSSR count). The summed E-state index contributed by atoms with van der Waals surface area (Å²) < 4.78 is 39.8. The van der Waals surface area contributed by atoms with Crippen LogP contribution in [0, 0.1) is 13.8 Å². The third-order valence-electron chi connectivity index (χ3n) is 5.45. The molecule has 0 aliphatic heterocycles. The highest BCUT2D eigenvalue weighted by atomic mass is 32.2. The normalized spacial score (nSPS) is 11.4. The van der Waals surface area contributed by atoms with Crippen LogP contribution in [0.5, 0.6) is 5.75 Å². The molecule has 0 saturated heterocycles. The molecule has 0 saturated carbocycles. The third-order valence-corrected chi connectivity index (χ3v) is 6.93. The first-order chi connectivity index (χ1) is 16.3. The van der Waals surface area contributed by atoms with Crippen molar-refractivity contribution in [2.24, 2.45) is 0 Å². The maximum atomic E-state index is 12.9. The van der Waals surface area contributed by atoms with E-state index in [1.807, 2.05) is 48.9 Å². The van der Waals surface area contributed by atoms with E-state index < -0.39 is 15.9 Å². The molecule has 0 unspecified atom stereocenters. The summed E-state index contributed by atoms with van der Waals surface area (Å²) in [4.78, 5) is 12.8. The first kappa shape index (κ1) is 25.4. The van der Waals surface area contributed by atoms with E-state index in [0.29, 0.717) is 6.54 Å². The van der Waals surface area contributed by atoms with Crippen molar-refractivity contribution in [3.05, 3.63) is 76.6 Å². The average Bonchev–Trinajstić information content (AvgIpc) is 3.09. The van der Waals surface area contributed by atoms with Crippen LogP contribution in [0.3, 0.4) is 0 Å². The van der Waals surface area contributed by atoms with Crippen molar-refractivity contribution in [3.63, 3.8) is 0 Å². The molecule has 0 bridgehead atoms. The number of carbonyl (C=O) groups excluding carboxylic acids is 1. The van der Waals surface area contributed by atoms with Crippen LogP contribution in [-0.2, 0) is 27.8 Å². The number of hydrogen-bond acceptors (Lipinski definition) is 6. The Morgan fingerprint density at radius 1 is 1.09 bits per heavy atom. The minimum atomic E-state index is -3.89. The van der Waals surface area contributed by atoms with Gasteiger partial charge >= 0.3 is 0 Å². The highest BCUT2D eigenvalue weighted by molar-refractivity contribution is 7.89. The van der Waals surface area contributed by atoms with Gasteiger partial charge in [0.25, 0.3) is 5.91 Å². The molecule has 0 spiro atoms. The first-order valence-electron chi connectivity index (χ1n) is 10.8. The summed E-state index contributed by atoms with van der Waals surface area (Å²) in [6.07, 6.45) is 0. The predicted octanol–water partition coefficient (Wildman–Crippen LogP) is 2.41. The fourth-order valence-electron chi connectivity index (χ4n) is 3.55. The van der Waals surface area contributed by atoms with E-state index >= 15 is 0 Å². The number of carbonyl (C=O) groups is 1. The van der Waals surface area contributed by atoms with Crippen molar-refractivity contribution < 1.29 is 22.7 Å². The van der Waals surface area contributed by atoms with Gasteiger partial charge in [0, 0.05) is 37.0 Å². The van der Waals surface area contributed by atoms with E-state index in [-0.39, 0.29) is 35.9 Å². The maximum Gasteiger partial charge on any atom is 0.251 e. The minimum absolute atomic E-state index is 0.101. The summed E-state index contributed by atoms with van der Waals surface area (Å²) >= 11 is 0. The van der Waals surface area contributed by atoms with Crippen LogP contribution in [0.25, 0.3) is 0 Å². The van der Waals surface area contributed by atoms with E-state index in [0.717, 1.165) is 22.5 Å². The van der Waals surface area contributed by atoms with Crippen LogP contribution in [0.4, 0.5) is 0 Å². The quantitative estimate of drug-likeness (QED) is 0.403. The number of aromatic nitrogens is 2. The summed E-state index contributed by atoms with van der Waals surface area (Å²) in [6, 6.07) is 14.3. The Balaban J connectivity index is 1.75. The Hall–Kier alpha value is -3.21. The number of hydrogen-bond donors (Lipinski definition) is 2. The van der Waals surface area contributed by atoms with Crippen LogP contribution in [0.1, 0.15) is 32.9 Å². The molecule has 9 nitrogen and oxygen atoms in total. The molecule has 0 aliphatic rings. The lowest BCUT2D eigenvalue weighted by molar-refractivity contribution is 0.0950. The second-order valence-corrected chi connectivity index (χ2v) is 9.47. The van der Waals surface area contributed by atoms with Gasteiger partial charge in [-0.2, -0.15) is 5.10 Å². The molecule has 34 heavy (non-hydrogen) atoms. The summed E-state index contributed by atoms with van der Waals surface area (Å²) in [6.45, 7) is 5.10. The highest BCUT2D eigenvalue weighted by Gasteiger charge is 2.22. The first-order valence-corrected chi connectivity index (χ1v) is 12.3. The smallest absolute Gasteiger partial charge is 0.251 e. The van der Waals surface area contributed by atoms with E-state index in [4.69, 9.17) is 9.47 Å². The van der Waals surface area contributed by atoms with Crippen molar-refractivity contribution in [2.45, 2.75) is 31.8 Å². The summed E-state index contributed by atoms with van der Waals surface area (Å²) in [5.74, 6) is -0.249.